The molecule has 168 valence electrons. The van der Waals surface area contributed by atoms with Crippen LogP contribution in [0.4, 0.5) is 11.4 Å². The number of hydrogen-bond acceptors (Lipinski definition) is 4. The van der Waals surface area contributed by atoms with Crippen LogP contribution in [0.2, 0.25) is 0 Å². The Balaban J connectivity index is 1.65. The van der Waals surface area contributed by atoms with E-state index in [1.54, 1.807) is 18.2 Å². The summed E-state index contributed by atoms with van der Waals surface area (Å²) in [5, 5.41) is 2.93. The topological polar surface area (TPSA) is 69.7 Å². The molecule has 6 nitrogen and oxygen atoms in total. The van der Waals surface area contributed by atoms with Crippen LogP contribution in [0.5, 0.6) is 0 Å². The number of aryl methyl sites for hydroxylation is 1. The van der Waals surface area contributed by atoms with Gasteiger partial charge in [0.1, 0.15) is 6.54 Å². The van der Waals surface area contributed by atoms with Crippen molar-refractivity contribution >= 4 is 27.3 Å². The average Bonchev–Trinajstić information content (AvgIpc) is 2.71. The first-order valence-corrected chi connectivity index (χ1v) is 12.7. The fourth-order valence-electron chi connectivity index (χ4n) is 4.08. The number of benzene rings is 2. The minimum atomic E-state index is -3.59. The van der Waals surface area contributed by atoms with Crippen molar-refractivity contribution in [1.82, 2.24) is 5.32 Å². The van der Waals surface area contributed by atoms with Crippen LogP contribution < -0.4 is 14.5 Å². The van der Waals surface area contributed by atoms with Gasteiger partial charge in [-0.05, 0) is 68.0 Å². The summed E-state index contributed by atoms with van der Waals surface area (Å²) < 4.78 is 25.7. The van der Waals surface area contributed by atoms with Crippen molar-refractivity contribution in [2.75, 3.05) is 35.1 Å². The maximum atomic E-state index is 12.7. The number of piperidine rings is 1. The van der Waals surface area contributed by atoms with E-state index in [0.717, 1.165) is 34.8 Å². The number of anilines is 2. The number of nitrogens with one attached hydrogen (secondary N) is 1. The van der Waals surface area contributed by atoms with E-state index in [4.69, 9.17) is 0 Å². The summed E-state index contributed by atoms with van der Waals surface area (Å²) in [6, 6.07) is 15.2. The van der Waals surface area contributed by atoms with E-state index >= 15 is 0 Å². The summed E-state index contributed by atoms with van der Waals surface area (Å²) in [5.74, 6) is 0.367. The summed E-state index contributed by atoms with van der Waals surface area (Å²) in [4.78, 5) is 15.1. The molecule has 1 heterocycles. The normalized spacial score (nSPS) is 17.8. The lowest BCUT2D eigenvalue weighted by molar-refractivity contribution is -0.120. The van der Waals surface area contributed by atoms with Gasteiger partial charge in [-0.15, -0.1) is 0 Å². The van der Waals surface area contributed by atoms with Gasteiger partial charge in [-0.3, -0.25) is 9.10 Å². The van der Waals surface area contributed by atoms with Gasteiger partial charge in [-0.2, -0.15) is 0 Å². The maximum Gasteiger partial charge on any atom is 0.241 e. The fraction of sp³-hybridized carbons (Fsp3) is 0.458. The van der Waals surface area contributed by atoms with E-state index < -0.39 is 10.0 Å². The highest BCUT2D eigenvalue weighted by molar-refractivity contribution is 7.92. The summed E-state index contributed by atoms with van der Waals surface area (Å²) in [6.45, 7) is 7.99. The first kappa shape index (κ1) is 23.1. The molecule has 0 saturated carbocycles. The third kappa shape index (κ3) is 6.23. The van der Waals surface area contributed by atoms with E-state index in [-0.39, 0.29) is 18.5 Å². The minimum absolute atomic E-state index is 0.222. The van der Waals surface area contributed by atoms with Crippen LogP contribution in [0, 0.1) is 12.8 Å². The second-order valence-corrected chi connectivity index (χ2v) is 10.6. The van der Waals surface area contributed by atoms with Gasteiger partial charge in [-0.1, -0.05) is 31.2 Å². The summed E-state index contributed by atoms with van der Waals surface area (Å²) in [6.07, 6.45) is 3.62. The van der Waals surface area contributed by atoms with Gasteiger partial charge in [0.05, 0.1) is 18.0 Å². The summed E-state index contributed by atoms with van der Waals surface area (Å²) >= 11 is 0. The largest absolute Gasteiger partial charge is 0.371 e. The van der Waals surface area contributed by atoms with Crippen molar-refractivity contribution < 1.29 is 13.2 Å². The lowest BCUT2D eigenvalue weighted by Gasteiger charge is -2.33. The Bertz CT molecular complexity index is 1000. The fourth-order valence-corrected chi connectivity index (χ4v) is 4.93. The van der Waals surface area contributed by atoms with Crippen molar-refractivity contribution in [3.8, 4) is 0 Å². The average molecular weight is 444 g/mol. The minimum Gasteiger partial charge on any atom is -0.371 e. The van der Waals surface area contributed by atoms with Gasteiger partial charge in [-0.25, -0.2) is 8.42 Å². The van der Waals surface area contributed by atoms with Crippen LogP contribution in [0.3, 0.4) is 0 Å². The Morgan fingerprint density at radius 2 is 1.94 bits per heavy atom. The molecule has 0 bridgehead atoms. The van der Waals surface area contributed by atoms with Gasteiger partial charge >= 0.3 is 0 Å². The predicted octanol–water partition coefficient (Wildman–Crippen LogP) is 3.87. The molecule has 0 aromatic heterocycles. The number of rotatable bonds is 7. The van der Waals surface area contributed by atoms with E-state index in [0.29, 0.717) is 11.6 Å². The number of nitrogens with zero attached hydrogens (tertiary/aromatic N) is 2. The van der Waals surface area contributed by atoms with Crippen LogP contribution in [0.1, 0.15) is 43.9 Å². The van der Waals surface area contributed by atoms with Gasteiger partial charge in [0, 0.05) is 18.8 Å². The zero-order valence-electron chi connectivity index (χ0n) is 18.8. The smallest absolute Gasteiger partial charge is 0.241 e. The van der Waals surface area contributed by atoms with Gasteiger partial charge in [0.25, 0.3) is 0 Å². The molecule has 1 aliphatic rings. The number of carbonyl (C=O) groups is 1. The molecule has 1 saturated heterocycles. The van der Waals surface area contributed by atoms with Crippen molar-refractivity contribution in [2.24, 2.45) is 5.92 Å². The second-order valence-electron chi connectivity index (χ2n) is 8.68. The molecule has 1 aliphatic heterocycles. The number of hydrogen-bond donors (Lipinski definition) is 1. The van der Waals surface area contributed by atoms with Crippen molar-refractivity contribution in [1.29, 1.82) is 0 Å². The first-order chi connectivity index (χ1) is 14.6. The molecule has 2 atom stereocenters. The van der Waals surface area contributed by atoms with Crippen LogP contribution in [0.25, 0.3) is 0 Å². The monoisotopic (exact) mass is 443 g/mol. The SMILES string of the molecule is Cc1cccc(N(CC(=O)N[C@@H](C)c2ccc(N3CCC[C@H](C)C3)cc2)S(C)(=O)=O)c1. The van der Waals surface area contributed by atoms with E-state index in [1.165, 1.54) is 18.5 Å². The van der Waals surface area contributed by atoms with E-state index in [9.17, 15) is 13.2 Å². The highest BCUT2D eigenvalue weighted by Crippen LogP contribution is 2.25. The standard InChI is InChI=1S/C24H33N3O3S/c1-18-7-5-9-23(15-18)27(31(4,29)30)17-24(28)25-20(3)21-10-12-22(13-11-21)26-14-6-8-19(2)16-26/h5,7,9-13,15,19-20H,6,8,14,16-17H2,1-4H3,(H,25,28)/t19-,20-/m0/s1. The van der Waals surface area contributed by atoms with Gasteiger partial charge in [0.2, 0.25) is 15.9 Å². The second kappa shape index (κ2) is 9.73. The molecule has 2 aromatic carbocycles. The van der Waals surface area contributed by atoms with E-state index in [1.807, 2.05) is 32.0 Å². The Hall–Kier alpha value is -2.54. The third-order valence-corrected chi connectivity index (χ3v) is 6.91. The number of carbonyl (C=O) groups excluding carboxylic acids is 1. The molecule has 0 radical (unpaired) electrons. The number of sulfonamides is 1. The third-order valence-electron chi connectivity index (χ3n) is 5.77. The molecule has 2 aromatic rings. The molecule has 1 amide bonds. The molecule has 3 rings (SSSR count). The first-order valence-electron chi connectivity index (χ1n) is 10.8. The molecule has 1 N–H and O–H groups in total. The molecule has 0 aliphatic carbocycles. The maximum absolute atomic E-state index is 12.7. The lowest BCUT2D eigenvalue weighted by atomic mass is 9.99. The van der Waals surface area contributed by atoms with E-state index in [2.05, 4.69) is 29.3 Å². The molecule has 1 fully saturated rings. The summed E-state index contributed by atoms with van der Waals surface area (Å²) in [7, 11) is -3.59. The van der Waals surface area contributed by atoms with Crippen LogP contribution in [-0.4, -0.2) is 40.2 Å². The van der Waals surface area contributed by atoms with Gasteiger partial charge in [0.15, 0.2) is 0 Å². The lowest BCUT2D eigenvalue weighted by Crippen LogP contribution is -2.41. The molecular formula is C24H33N3O3S. The summed E-state index contributed by atoms with van der Waals surface area (Å²) in [5.41, 5.74) is 3.62. The quantitative estimate of drug-likeness (QED) is 0.705. The molecule has 0 spiro atoms. The van der Waals surface area contributed by atoms with Crippen LogP contribution >= 0.6 is 0 Å². The zero-order valence-corrected chi connectivity index (χ0v) is 19.7. The molecular weight excluding hydrogens is 410 g/mol. The van der Waals surface area contributed by atoms with Crippen molar-refractivity contribution in [2.45, 2.75) is 39.7 Å². The highest BCUT2D eigenvalue weighted by atomic mass is 32.2. The van der Waals surface area contributed by atoms with Crippen molar-refractivity contribution in [3.05, 3.63) is 59.7 Å². The van der Waals surface area contributed by atoms with Crippen LogP contribution in [-0.2, 0) is 14.8 Å². The Labute approximate surface area is 186 Å². The van der Waals surface area contributed by atoms with Crippen molar-refractivity contribution in [3.63, 3.8) is 0 Å². The Morgan fingerprint density at radius 1 is 1.23 bits per heavy atom. The molecule has 7 heteroatoms. The van der Waals surface area contributed by atoms with Gasteiger partial charge < -0.3 is 10.2 Å². The highest BCUT2D eigenvalue weighted by Gasteiger charge is 2.22. The predicted molar refractivity (Wildman–Crippen MR) is 127 cm³/mol. The Kier molecular flexibility index (Phi) is 7.26. The molecule has 31 heavy (non-hydrogen) atoms. The molecule has 0 unspecified atom stereocenters. The van der Waals surface area contributed by atoms with Crippen LogP contribution in [0.15, 0.2) is 48.5 Å². The number of amides is 1. The Morgan fingerprint density at radius 3 is 2.55 bits per heavy atom. The zero-order chi connectivity index (χ0) is 22.6.